The summed E-state index contributed by atoms with van der Waals surface area (Å²) in [6, 6.07) is 4.06. The minimum Gasteiger partial charge on any atom is -0.356 e. The normalized spacial score (nSPS) is 16.9. The summed E-state index contributed by atoms with van der Waals surface area (Å²) in [6.07, 6.45) is 11.0. The number of nitrogens with one attached hydrogen (secondary N) is 1. The second-order valence-corrected chi connectivity index (χ2v) is 4.90. The summed E-state index contributed by atoms with van der Waals surface area (Å²) < 4.78 is 2.15. The van der Waals surface area contributed by atoms with E-state index in [4.69, 9.17) is 0 Å². The Labute approximate surface area is 103 Å². The van der Waals surface area contributed by atoms with E-state index in [2.05, 4.69) is 22.3 Å². The SMILES string of the molecule is O=C(NCCCn1cccc1)C1CCCCC1. The van der Waals surface area contributed by atoms with Crippen molar-refractivity contribution < 1.29 is 4.79 Å². The molecule has 17 heavy (non-hydrogen) atoms. The highest BCUT2D eigenvalue weighted by molar-refractivity contribution is 5.78. The van der Waals surface area contributed by atoms with Gasteiger partial charge in [0.05, 0.1) is 0 Å². The van der Waals surface area contributed by atoms with Crippen molar-refractivity contribution in [3.63, 3.8) is 0 Å². The highest BCUT2D eigenvalue weighted by Gasteiger charge is 2.20. The molecule has 0 bridgehead atoms. The van der Waals surface area contributed by atoms with E-state index in [1.807, 2.05) is 12.1 Å². The van der Waals surface area contributed by atoms with E-state index in [1.54, 1.807) is 0 Å². The molecule has 0 spiro atoms. The third-order valence-corrected chi connectivity index (χ3v) is 3.53. The van der Waals surface area contributed by atoms with Gasteiger partial charge in [-0.2, -0.15) is 0 Å². The largest absolute Gasteiger partial charge is 0.356 e. The van der Waals surface area contributed by atoms with E-state index in [0.29, 0.717) is 0 Å². The Kier molecular flexibility index (Phi) is 4.65. The number of amides is 1. The maximum Gasteiger partial charge on any atom is 0.223 e. The highest BCUT2D eigenvalue weighted by atomic mass is 16.1. The van der Waals surface area contributed by atoms with Gasteiger partial charge in [-0.15, -0.1) is 0 Å². The number of rotatable bonds is 5. The minimum absolute atomic E-state index is 0.275. The Morgan fingerprint density at radius 1 is 1.18 bits per heavy atom. The van der Waals surface area contributed by atoms with Crippen LogP contribution in [0, 0.1) is 5.92 Å². The van der Waals surface area contributed by atoms with Crippen LogP contribution in [0.5, 0.6) is 0 Å². The summed E-state index contributed by atoms with van der Waals surface area (Å²) in [6.45, 7) is 1.78. The van der Waals surface area contributed by atoms with Crippen molar-refractivity contribution in [3.8, 4) is 0 Å². The molecule has 1 amide bonds. The summed E-state index contributed by atoms with van der Waals surface area (Å²) in [5, 5.41) is 3.06. The van der Waals surface area contributed by atoms with Crippen LogP contribution in [0.15, 0.2) is 24.5 Å². The molecule has 1 fully saturated rings. The molecular formula is C14H22N2O. The van der Waals surface area contributed by atoms with Crippen LogP contribution in [0.25, 0.3) is 0 Å². The van der Waals surface area contributed by atoms with E-state index in [9.17, 15) is 4.79 Å². The van der Waals surface area contributed by atoms with Gasteiger partial charge in [0.1, 0.15) is 0 Å². The first-order valence-corrected chi connectivity index (χ1v) is 6.75. The van der Waals surface area contributed by atoms with Crippen LogP contribution < -0.4 is 5.32 Å². The molecule has 0 aromatic carbocycles. The van der Waals surface area contributed by atoms with Gasteiger partial charge in [0.15, 0.2) is 0 Å². The third-order valence-electron chi connectivity index (χ3n) is 3.53. The minimum atomic E-state index is 0.275. The molecule has 1 aliphatic rings. The molecule has 1 aromatic heterocycles. The second-order valence-electron chi connectivity index (χ2n) is 4.90. The first-order chi connectivity index (χ1) is 8.36. The standard InChI is InChI=1S/C14H22N2O/c17-14(13-7-2-1-3-8-13)15-9-6-12-16-10-4-5-11-16/h4-5,10-11,13H,1-3,6-9,12H2,(H,15,17). The van der Waals surface area contributed by atoms with Crippen LogP contribution in [-0.4, -0.2) is 17.0 Å². The zero-order chi connectivity index (χ0) is 11.9. The zero-order valence-electron chi connectivity index (χ0n) is 10.4. The fourth-order valence-corrected chi connectivity index (χ4v) is 2.50. The van der Waals surface area contributed by atoms with Crippen molar-refractivity contribution in [1.82, 2.24) is 9.88 Å². The fraction of sp³-hybridized carbons (Fsp3) is 0.643. The van der Waals surface area contributed by atoms with Crippen molar-refractivity contribution >= 4 is 5.91 Å². The van der Waals surface area contributed by atoms with E-state index >= 15 is 0 Å². The van der Waals surface area contributed by atoms with E-state index in [0.717, 1.165) is 32.4 Å². The predicted molar refractivity (Wildman–Crippen MR) is 68.6 cm³/mol. The number of hydrogen-bond donors (Lipinski definition) is 1. The van der Waals surface area contributed by atoms with Crippen LogP contribution in [0.1, 0.15) is 38.5 Å². The van der Waals surface area contributed by atoms with Crippen LogP contribution >= 0.6 is 0 Å². The van der Waals surface area contributed by atoms with Crippen LogP contribution in [-0.2, 0) is 11.3 Å². The third kappa shape index (κ3) is 3.91. The molecule has 1 heterocycles. The maximum absolute atomic E-state index is 11.8. The van der Waals surface area contributed by atoms with Crippen molar-refractivity contribution in [2.45, 2.75) is 45.1 Å². The van der Waals surface area contributed by atoms with Crippen molar-refractivity contribution in [2.24, 2.45) is 5.92 Å². The summed E-state index contributed by atoms with van der Waals surface area (Å²) in [4.78, 5) is 11.8. The van der Waals surface area contributed by atoms with Crippen molar-refractivity contribution in [2.75, 3.05) is 6.54 Å². The molecule has 1 saturated carbocycles. The first-order valence-electron chi connectivity index (χ1n) is 6.75. The number of carbonyl (C=O) groups excluding carboxylic acids is 1. The second kappa shape index (κ2) is 6.48. The number of aryl methyl sites for hydroxylation is 1. The van der Waals surface area contributed by atoms with Crippen LogP contribution in [0.4, 0.5) is 0 Å². The monoisotopic (exact) mass is 234 g/mol. The van der Waals surface area contributed by atoms with Gasteiger partial charge >= 0.3 is 0 Å². The van der Waals surface area contributed by atoms with E-state index in [-0.39, 0.29) is 11.8 Å². The summed E-state index contributed by atoms with van der Waals surface area (Å²) in [5.74, 6) is 0.563. The molecule has 0 radical (unpaired) electrons. The van der Waals surface area contributed by atoms with E-state index < -0.39 is 0 Å². The number of nitrogens with zero attached hydrogens (tertiary/aromatic N) is 1. The van der Waals surface area contributed by atoms with Gasteiger partial charge in [0.25, 0.3) is 0 Å². The van der Waals surface area contributed by atoms with Gasteiger partial charge in [-0.05, 0) is 31.4 Å². The highest BCUT2D eigenvalue weighted by Crippen LogP contribution is 2.23. The Balaban J connectivity index is 1.59. The molecule has 3 heteroatoms. The number of hydrogen-bond acceptors (Lipinski definition) is 1. The molecule has 1 aliphatic carbocycles. The van der Waals surface area contributed by atoms with Crippen molar-refractivity contribution in [3.05, 3.63) is 24.5 Å². The fourth-order valence-electron chi connectivity index (χ4n) is 2.50. The summed E-state index contributed by atoms with van der Waals surface area (Å²) in [7, 11) is 0. The topological polar surface area (TPSA) is 34.0 Å². The lowest BCUT2D eigenvalue weighted by Gasteiger charge is -2.20. The quantitative estimate of drug-likeness (QED) is 0.781. The molecule has 3 nitrogen and oxygen atoms in total. The number of aromatic nitrogens is 1. The van der Waals surface area contributed by atoms with Gasteiger partial charge in [0.2, 0.25) is 5.91 Å². The molecule has 0 saturated heterocycles. The van der Waals surface area contributed by atoms with Crippen LogP contribution in [0.2, 0.25) is 0 Å². The molecular weight excluding hydrogens is 212 g/mol. The molecule has 0 aliphatic heterocycles. The lowest BCUT2D eigenvalue weighted by Crippen LogP contribution is -2.32. The average Bonchev–Trinajstić information content (AvgIpc) is 2.88. The molecule has 0 atom stereocenters. The van der Waals surface area contributed by atoms with Gasteiger partial charge in [-0.25, -0.2) is 0 Å². The Morgan fingerprint density at radius 2 is 1.88 bits per heavy atom. The molecule has 1 N–H and O–H groups in total. The molecule has 2 rings (SSSR count). The molecule has 0 unspecified atom stereocenters. The lowest BCUT2D eigenvalue weighted by molar-refractivity contribution is -0.125. The first kappa shape index (κ1) is 12.2. The van der Waals surface area contributed by atoms with Gasteiger partial charge in [-0.3, -0.25) is 4.79 Å². The van der Waals surface area contributed by atoms with Gasteiger partial charge in [-0.1, -0.05) is 19.3 Å². The number of carbonyl (C=O) groups is 1. The summed E-state index contributed by atoms with van der Waals surface area (Å²) >= 11 is 0. The zero-order valence-corrected chi connectivity index (χ0v) is 10.4. The van der Waals surface area contributed by atoms with Gasteiger partial charge in [0, 0.05) is 31.4 Å². The lowest BCUT2D eigenvalue weighted by atomic mass is 9.89. The Morgan fingerprint density at radius 3 is 2.59 bits per heavy atom. The Hall–Kier alpha value is -1.25. The summed E-state index contributed by atoms with van der Waals surface area (Å²) in [5.41, 5.74) is 0. The Bertz CT molecular complexity index is 326. The average molecular weight is 234 g/mol. The molecule has 94 valence electrons. The van der Waals surface area contributed by atoms with Gasteiger partial charge < -0.3 is 9.88 Å². The van der Waals surface area contributed by atoms with Crippen LogP contribution in [0.3, 0.4) is 0 Å². The van der Waals surface area contributed by atoms with Crippen molar-refractivity contribution in [1.29, 1.82) is 0 Å². The molecule has 1 aromatic rings. The predicted octanol–water partition coefficient (Wildman–Crippen LogP) is 2.57. The van der Waals surface area contributed by atoms with E-state index in [1.165, 1.54) is 19.3 Å². The maximum atomic E-state index is 11.8. The smallest absolute Gasteiger partial charge is 0.223 e.